The summed E-state index contributed by atoms with van der Waals surface area (Å²) < 4.78 is 5.69. The average molecular weight is 231 g/mol. The number of nitrogens with zero attached hydrogens (tertiary/aromatic N) is 2. The van der Waals surface area contributed by atoms with E-state index < -0.39 is 0 Å². The zero-order chi connectivity index (χ0) is 12.4. The number of benzene rings is 1. The molecule has 1 aromatic carbocycles. The summed E-state index contributed by atoms with van der Waals surface area (Å²) in [6.07, 6.45) is 0.436. The minimum atomic E-state index is 0.218. The van der Waals surface area contributed by atoms with E-state index in [1.807, 2.05) is 12.1 Å². The molecule has 0 amide bonds. The van der Waals surface area contributed by atoms with Gasteiger partial charge in [0.05, 0.1) is 23.5 Å². The highest BCUT2D eigenvalue weighted by Gasteiger charge is 2.22. The number of anilines is 2. The van der Waals surface area contributed by atoms with Crippen molar-refractivity contribution in [2.75, 3.05) is 23.7 Å². The highest BCUT2D eigenvalue weighted by molar-refractivity contribution is 5.63. The molecule has 1 aromatic rings. The lowest BCUT2D eigenvalue weighted by atomic mass is 10.1. The van der Waals surface area contributed by atoms with Crippen molar-refractivity contribution in [3.63, 3.8) is 0 Å². The molecule has 0 bridgehead atoms. The molecule has 90 valence electrons. The van der Waals surface area contributed by atoms with E-state index in [4.69, 9.17) is 15.7 Å². The summed E-state index contributed by atoms with van der Waals surface area (Å²) in [7, 11) is 0. The molecule has 4 nitrogen and oxygen atoms in total. The van der Waals surface area contributed by atoms with Gasteiger partial charge in [-0.2, -0.15) is 5.26 Å². The number of hydrogen-bond donors (Lipinski definition) is 1. The molecular formula is C13H17N3O. The molecule has 2 rings (SSSR count). The molecule has 2 unspecified atom stereocenters. The summed E-state index contributed by atoms with van der Waals surface area (Å²) in [5.41, 5.74) is 7.96. The van der Waals surface area contributed by atoms with E-state index in [0.717, 1.165) is 18.8 Å². The lowest BCUT2D eigenvalue weighted by Crippen LogP contribution is -2.45. The second-order valence-corrected chi connectivity index (χ2v) is 4.55. The number of rotatable bonds is 1. The van der Waals surface area contributed by atoms with Gasteiger partial charge in [-0.1, -0.05) is 0 Å². The van der Waals surface area contributed by atoms with Gasteiger partial charge in [0.25, 0.3) is 0 Å². The van der Waals surface area contributed by atoms with Crippen molar-refractivity contribution >= 4 is 11.4 Å². The van der Waals surface area contributed by atoms with E-state index in [2.05, 4.69) is 24.8 Å². The molecule has 0 spiro atoms. The Hall–Kier alpha value is -1.73. The molecule has 1 aliphatic rings. The second-order valence-electron chi connectivity index (χ2n) is 4.55. The Balaban J connectivity index is 2.22. The topological polar surface area (TPSA) is 62.3 Å². The van der Waals surface area contributed by atoms with Crippen LogP contribution in [0.15, 0.2) is 18.2 Å². The van der Waals surface area contributed by atoms with E-state index in [1.54, 1.807) is 6.07 Å². The van der Waals surface area contributed by atoms with Crippen molar-refractivity contribution in [3.8, 4) is 6.07 Å². The molecule has 1 fully saturated rings. The summed E-state index contributed by atoms with van der Waals surface area (Å²) in [6, 6.07) is 7.66. The van der Waals surface area contributed by atoms with Gasteiger partial charge in [0.15, 0.2) is 0 Å². The highest BCUT2D eigenvalue weighted by Crippen LogP contribution is 2.24. The molecule has 1 heterocycles. The SMILES string of the molecule is CC1CN(c2ccc(C#N)c(N)c2)CC(C)O1. The smallest absolute Gasteiger partial charge is 0.101 e. The number of nitrogen functional groups attached to an aromatic ring is 1. The zero-order valence-electron chi connectivity index (χ0n) is 10.2. The third-order valence-corrected chi connectivity index (χ3v) is 2.94. The van der Waals surface area contributed by atoms with Crippen LogP contribution in [0.1, 0.15) is 19.4 Å². The largest absolute Gasteiger partial charge is 0.398 e. The first-order valence-electron chi connectivity index (χ1n) is 5.80. The number of nitrogens with two attached hydrogens (primary N) is 1. The fraction of sp³-hybridized carbons (Fsp3) is 0.462. The van der Waals surface area contributed by atoms with E-state index >= 15 is 0 Å². The van der Waals surface area contributed by atoms with Crippen LogP contribution in [-0.2, 0) is 4.74 Å². The van der Waals surface area contributed by atoms with Crippen LogP contribution in [0.25, 0.3) is 0 Å². The molecule has 0 aromatic heterocycles. The lowest BCUT2D eigenvalue weighted by Gasteiger charge is -2.37. The fourth-order valence-electron chi connectivity index (χ4n) is 2.24. The molecule has 1 aliphatic heterocycles. The third-order valence-electron chi connectivity index (χ3n) is 2.94. The average Bonchev–Trinajstić information content (AvgIpc) is 2.27. The predicted octanol–water partition coefficient (Wildman–Crippen LogP) is 1.75. The van der Waals surface area contributed by atoms with Crippen LogP contribution in [0.5, 0.6) is 0 Å². The quantitative estimate of drug-likeness (QED) is 0.748. The van der Waals surface area contributed by atoms with Crippen LogP contribution in [0, 0.1) is 11.3 Å². The van der Waals surface area contributed by atoms with Gasteiger partial charge < -0.3 is 15.4 Å². The second kappa shape index (κ2) is 4.64. The van der Waals surface area contributed by atoms with Gasteiger partial charge in [-0.05, 0) is 32.0 Å². The Morgan fingerprint density at radius 1 is 1.35 bits per heavy atom. The van der Waals surface area contributed by atoms with Crippen LogP contribution in [0.2, 0.25) is 0 Å². The van der Waals surface area contributed by atoms with E-state index in [1.165, 1.54) is 0 Å². The minimum absolute atomic E-state index is 0.218. The lowest BCUT2D eigenvalue weighted by molar-refractivity contribution is -0.00521. The summed E-state index contributed by atoms with van der Waals surface area (Å²) in [5, 5.41) is 8.84. The molecule has 0 saturated carbocycles. The number of nitriles is 1. The summed E-state index contributed by atoms with van der Waals surface area (Å²) in [6.45, 7) is 5.84. The molecule has 4 heteroatoms. The van der Waals surface area contributed by atoms with E-state index in [0.29, 0.717) is 11.3 Å². The van der Waals surface area contributed by atoms with Gasteiger partial charge in [-0.3, -0.25) is 0 Å². The van der Waals surface area contributed by atoms with Crippen LogP contribution in [-0.4, -0.2) is 25.3 Å². The Bertz CT molecular complexity index is 442. The van der Waals surface area contributed by atoms with Gasteiger partial charge in [-0.25, -0.2) is 0 Å². The molecule has 2 N–H and O–H groups in total. The van der Waals surface area contributed by atoms with Crippen molar-refractivity contribution < 1.29 is 4.74 Å². The first-order chi connectivity index (χ1) is 8.10. The van der Waals surface area contributed by atoms with Gasteiger partial charge in [0, 0.05) is 18.8 Å². The van der Waals surface area contributed by atoms with Crippen LogP contribution >= 0.6 is 0 Å². The maximum Gasteiger partial charge on any atom is 0.101 e. The van der Waals surface area contributed by atoms with Crippen molar-refractivity contribution in [1.29, 1.82) is 5.26 Å². The normalized spacial score (nSPS) is 24.4. The van der Waals surface area contributed by atoms with Crippen molar-refractivity contribution in [3.05, 3.63) is 23.8 Å². The van der Waals surface area contributed by atoms with Crippen LogP contribution in [0.4, 0.5) is 11.4 Å². The monoisotopic (exact) mass is 231 g/mol. The molecule has 1 saturated heterocycles. The predicted molar refractivity (Wildman–Crippen MR) is 67.8 cm³/mol. The number of morpholine rings is 1. The van der Waals surface area contributed by atoms with Gasteiger partial charge in [-0.15, -0.1) is 0 Å². The van der Waals surface area contributed by atoms with Crippen LogP contribution in [0.3, 0.4) is 0 Å². The maximum absolute atomic E-state index is 8.84. The molecule has 0 radical (unpaired) electrons. The van der Waals surface area contributed by atoms with Crippen molar-refractivity contribution in [2.45, 2.75) is 26.1 Å². The Kier molecular flexibility index (Phi) is 3.21. The number of ether oxygens (including phenoxy) is 1. The highest BCUT2D eigenvalue weighted by atomic mass is 16.5. The Morgan fingerprint density at radius 3 is 2.53 bits per heavy atom. The summed E-state index contributed by atoms with van der Waals surface area (Å²) in [5.74, 6) is 0. The van der Waals surface area contributed by atoms with Crippen LogP contribution < -0.4 is 10.6 Å². The van der Waals surface area contributed by atoms with E-state index in [-0.39, 0.29) is 12.2 Å². The zero-order valence-corrected chi connectivity index (χ0v) is 10.2. The van der Waals surface area contributed by atoms with Crippen molar-refractivity contribution in [1.82, 2.24) is 0 Å². The molecule has 17 heavy (non-hydrogen) atoms. The minimum Gasteiger partial charge on any atom is -0.398 e. The van der Waals surface area contributed by atoms with Gasteiger partial charge in [0.2, 0.25) is 0 Å². The van der Waals surface area contributed by atoms with Gasteiger partial charge >= 0.3 is 0 Å². The standard InChI is InChI=1S/C13H17N3O/c1-9-7-16(8-10(2)17-9)12-4-3-11(6-14)13(15)5-12/h3-5,9-10H,7-8,15H2,1-2H3. The molecule has 0 aliphatic carbocycles. The third kappa shape index (κ3) is 2.51. The first kappa shape index (κ1) is 11.7. The first-order valence-corrected chi connectivity index (χ1v) is 5.80. The maximum atomic E-state index is 8.84. The molecular weight excluding hydrogens is 214 g/mol. The summed E-state index contributed by atoms with van der Waals surface area (Å²) >= 11 is 0. The Morgan fingerprint density at radius 2 is 2.00 bits per heavy atom. The fourth-order valence-corrected chi connectivity index (χ4v) is 2.24. The summed E-state index contributed by atoms with van der Waals surface area (Å²) in [4.78, 5) is 2.25. The van der Waals surface area contributed by atoms with Crippen molar-refractivity contribution in [2.24, 2.45) is 0 Å². The van der Waals surface area contributed by atoms with E-state index in [9.17, 15) is 0 Å². The molecule has 2 atom stereocenters. The van der Waals surface area contributed by atoms with Gasteiger partial charge in [0.1, 0.15) is 6.07 Å². The Labute approximate surface area is 102 Å². The number of hydrogen-bond acceptors (Lipinski definition) is 4.